The fraction of sp³-hybridized carbons (Fsp3) is 0.176. The molecule has 0 fully saturated rings. The van der Waals surface area contributed by atoms with Crippen LogP contribution in [0.1, 0.15) is 17.2 Å². The number of rotatable bonds is 4. The highest BCUT2D eigenvalue weighted by molar-refractivity contribution is 6.30. The highest BCUT2D eigenvalue weighted by Crippen LogP contribution is 2.32. The molecule has 23 heavy (non-hydrogen) atoms. The van der Waals surface area contributed by atoms with E-state index in [1.54, 1.807) is 48.5 Å². The molecule has 0 radical (unpaired) electrons. The van der Waals surface area contributed by atoms with Gasteiger partial charge in [0.1, 0.15) is 5.75 Å². The first-order valence-corrected chi connectivity index (χ1v) is 7.42. The van der Waals surface area contributed by atoms with Crippen LogP contribution in [0.15, 0.2) is 48.5 Å². The lowest BCUT2D eigenvalue weighted by atomic mass is 10.1. The third-order valence-corrected chi connectivity index (χ3v) is 3.79. The number of fused-ring (bicyclic) bond motifs is 1. The van der Waals surface area contributed by atoms with Crippen LogP contribution in [0.2, 0.25) is 5.02 Å². The van der Waals surface area contributed by atoms with Crippen molar-refractivity contribution in [3.05, 3.63) is 64.7 Å². The van der Waals surface area contributed by atoms with E-state index in [2.05, 4.69) is 0 Å². The van der Waals surface area contributed by atoms with Crippen molar-refractivity contribution in [2.24, 2.45) is 5.73 Å². The molecule has 1 aliphatic heterocycles. The maximum absolute atomic E-state index is 12.3. The minimum absolute atomic E-state index is 0.342. The van der Waals surface area contributed by atoms with Crippen LogP contribution in [-0.2, 0) is 20.7 Å². The fourth-order valence-corrected chi connectivity index (χ4v) is 2.65. The minimum atomic E-state index is -1.14. The number of carbonyl (C=O) groups is 2. The Morgan fingerprint density at radius 2 is 1.96 bits per heavy atom. The summed E-state index contributed by atoms with van der Waals surface area (Å²) in [7, 11) is 0. The first kappa shape index (κ1) is 15.4. The Bertz CT molecular complexity index is 748. The van der Waals surface area contributed by atoms with E-state index in [9.17, 15) is 9.59 Å². The molecule has 2 atom stereocenters. The predicted octanol–water partition coefficient (Wildman–Crippen LogP) is 2.41. The summed E-state index contributed by atoms with van der Waals surface area (Å²) in [5.41, 5.74) is 6.69. The molecule has 1 aliphatic rings. The molecule has 1 amide bonds. The Labute approximate surface area is 138 Å². The van der Waals surface area contributed by atoms with Gasteiger partial charge in [0.25, 0.3) is 5.91 Å². The van der Waals surface area contributed by atoms with Crippen LogP contribution < -0.4 is 10.5 Å². The Kier molecular flexibility index (Phi) is 4.21. The molecule has 0 aromatic heterocycles. The van der Waals surface area contributed by atoms with Crippen LogP contribution in [-0.4, -0.2) is 18.0 Å². The van der Waals surface area contributed by atoms with Gasteiger partial charge in [-0.2, -0.15) is 0 Å². The second-order valence-corrected chi connectivity index (χ2v) is 5.63. The second kappa shape index (κ2) is 6.30. The highest BCUT2D eigenvalue weighted by Gasteiger charge is 2.33. The smallest absolute Gasteiger partial charge is 0.348 e. The van der Waals surface area contributed by atoms with E-state index in [1.807, 2.05) is 0 Å². The van der Waals surface area contributed by atoms with E-state index in [0.29, 0.717) is 22.8 Å². The quantitative estimate of drug-likeness (QED) is 0.873. The van der Waals surface area contributed by atoms with Crippen LogP contribution in [0.3, 0.4) is 0 Å². The SMILES string of the molecule is NC(=O)[C@@H](OC(=O)[C@H]1Cc2cc(Cl)ccc2O1)c1ccccc1. The Morgan fingerprint density at radius 3 is 2.65 bits per heavy atom. The lowest BCUT2D eigenvalue weighted by Crippen LogP contribution is -2.33. The van der Waals surface area contributed by atoms with Crippen molar-refractivity contribution >= 4 is 23.5 Å². The second-order valence-electron chi connectivity index (χ2n) is 5.19. The number of carbonyl (C=O) groups excluding carboxylic acids is 2. The summed E-state index contributed by atoms with van der Waals surface area (Å²) in [6.45, 7) is 0. The fourth-order valence-electron chi connectivity index (χ4n) is 2.46. The number of primary amides is 1. The average molecular weight is 332 g/mol. The zero-order chi connectivity index (χ0) is 16.4. The number of nitrogens with two attached hydrogens (primary N) is 1. The summed E-state index contributed by atoms with van der Waals surface area (Å²) in [6, 6.07) is 13.8. The van der Waals surface area contributed by atoms with Crippen LogP contribution in [0, 0.1) is 0 Å². The molecule has 2 N–H and O–H groups in total. The summed E-state index contributed by atoms with van der Waals surface area (Å²) in [4.78, 5) is 23.9. The van der Waals surface area contributed by atoms with Gasteiger partial charge in [-0.1, -0.05) is 41.9 Å². The largest absolute Gasteiger partial charge is 0.478 e. The molecule has 2 aromatic rings. The summed E-state index contributed by atoms with van der Waals surface area (Å²) in [6.07, 6.45) is -1.61. The molecule has 0 bridgehead atoms. The van der Waals surface area contributed by atoms with Crippen molar-refractivity contribution < 1.29 is 19.1 Å². The van der Waals surface area contributed by atoms with E-state index in [0.717, 1.165) is 5.56 Å². The topological polar surface area (TPSA) is 78.6 Å². The van der Waals surface area contributed by atoms with E-state index < -0.39 is 24.1 Å². The molecule has 1 heterocycles. The molecule has 0 saturated carbocycles. The van der Waals surface area contributed by atoms with Crippen molar-refractivity contribution in [2.75, 3.05) is 0 Å². The van der Waals surface area contributed by atoms with Crippen molar-refractivity contribution in [1.29, 1.82) is 0 Å². The van der Waals surface area contributed by atoms with Gasteiger partial charge >= 0.3 is 5.97 Å². The van der Waals surface area contributed by atoms with Gasteiger partial charge in [0, 0.05) is 17.0 Å². The number of halogens is 1. The Hall–Kier alpha value is -2.53. The molecule has 0 aliphatic carbocycles. The number of amides is 1. The lowest BCUT2D eigenvalue weighted by molar-refractivity contribution is -0.161. The normalized spacial score (nSPS) is 17.0. The van der Waals surface area contributed by atoms with Gasteiger partial charge < -0.3 is 15.2 Å². The van der Waals surface area contributed by atoms with Gasteiger partial charge in [-0.15, -0.1) is 0 Å². The number of ether oxygens (including phenoxy) is 2. The molecule has 2 aromatic carbocycles. The maximum Gasteiger partial charge on any atom is 0.348 e. The zero-order valence-electron chi connectivity index (χ0n) is 12.1. The van der Waals surface area contributed by atoms with Crippen molar-refractivity contribution in [1.82, 2.24) is 0 Å². The summed E-state index contributed by atoms with van der Waals surface area (Å²) < 4.78 is 10.8. The monoisotopic (exact) mass is 331 g/mol. The van der Waals surface area contributed by atoms with E-state index in [1.165, 1.54) is 0 Å². The van der Waals surface area contributed by atoms with Gasteiger partial charge in [0.05, 0.1) is 0 Å². The van der Waals surface area contributed by atoms with Crippen molar-refractivity contribution in [2.45, 2.75) is 18.6 Å². The first-order valence-electron chi connectivity index (χ1n) is 7.04. The Balaban J connectivity index is 1.73. The minimum Gasteiger partial charge on any atom is -0.478 e. The van der Waals surface area contributed by atoms with Crippen LogP contribution in [0.5, 0.6) is 5.75 Å². The van der Waals surface area contributed by atoms with Gasteiger partial charge in [-0.05, 0) is 23.8 Å². The molecule has 0 spiro atoms. The van der Waals surface area contributed by atoms with Gasteiger partial charge in [-0.25, -0.2) is 4.79 Å². The van der Waals surface area contributed by atoms with E-state index >= 15 is 0 Å². The molecular weight excluding hydrogens is 318 g/mol. The van der Waals surface area contributed by atoms with Crippen molar-refractivity contribution in [3.63, 3.8) is 0 Å². The summed E-state index contributed by atoms with van der Waals surface area (Å²) in [5.74, 6) is -0.778. The first-order chi connectivity index (χ1) is 11.0. The van der Waals surface area contributed by atoms with E-state index in [4.69, 9.17) is 26.8 Å². The maximum atomic E-state index is 12.3. The Morgan fingerprint density at radius 1 is 1.22 bits per heavy atom. The lowest BCUT2D eigenvalue weighted by Gasteiger charge is -2.17. The molecule has 0 saturated heterocycles. The van der Waals surface area contributed by atoms with Crippen molar-refractivity contribution in [3.8, 4) is 5.75 Å². The van der Waals surface area contributed by atoms with Gasteiger partial charge in [-0.3, -0.25) is 4.79 Å². The van der Waals surface area contributed by atoms with Crippen LogP contribution in [0.4, 0.5) is 0 Å². The zero-order valence-corrected chi connectivity index (χ0v) is 12.8. The summed E-state index contributed by atoms with van der Waals surface area (Å²) in [5, 5.41) is 0.570. The van der Waals surface area contributed by atoms with Crippen LogP contribution in [0.25, 0.3) is 0 Å². The molecule has 118 valence electrons. The standard InChI is InChI=1S/C17H14ClNO4/c18-12-6-7-13-11(8-12)9-14(22-13)17(21)23-15(16(19)20)10-4-2-1-3-5-10/h1-8,14-15H,9H2,(H2,19,20)/t14-,15+/m1/s1. The molecular formula is C17H14ClNO4. The number of benzene rings is 2. The van der Waals surface area contributed by atoms with Gasteiger partial charge in [0.2, 0.25) is 6.10 Å². The molecule has 5 nitrogen and oxygen atoms in total. The van der Waals surface area contributed by atoms with Gasteiger partial charge in [0.15, 0.2) is 6.10 Å². The third kappa shape index (κ3) is 3.29. The number of hydrogen-bond acceptors (Lipinski definition) is 4. The summed E-state index contributed by atoms with van der Waals surface area (Å²) >= 11 is 5.92. The average Bonchev–Trinajstić information content (AvgIpc) is 2.96. The number of esters is 1. The van der Waals surface area contributed by atoms with E-state index in [-0.39, 0.29) is 0 Å². The molecule has 3 rings (SSSR count). The highest BCUT2D eigenvalue weighted by atomic mass is 35.5. The number of hydrogen-bond donors (Lipinski definition) is 1. The third-order valence-electron chi connectivity index (χ3n) is 3.55. The molecule has 0 unspecified atom stereocenters. The predicted molar refractivity (Wildman–Crippen MR) is 84.0 cm³/mol. The van der Waals surface area contributed by atoms with Crippen LogP contribution >= 0.6 is 11.6 Å². The molecule has 6 heteroatoms.